The number of aliphatic hydroxyl groups excluding tert-OH is 1. The summed E-state index contributed by atoms with van der Waals surface area (Å²) in [6, 6.07) is 42.5. The van der Waals surface area contributed by atoms with Gasteiger partial charge in [-0.2, -0.15) is 0 Å². The molecular weight excluding hydrogens is 829 g/mol. The summed E-state index contributed by atoms with van der Waals surface area (Å²) in [4.78, 5) is 17.0. The maximum atomic E-state index is 11.7. The van der Waals surface area contributed by atoms with Gasteiger partial charge in [0.2, 0.25) is 0 Å². The van der Waals surface area contributed by atoms with Crippen LogP contribution in [0.4, 0.5) is 0 Å². The van der Waals surface area contributed by atoms with Crippen LogP contribution in [-0.4, -0.2) is 20.4 Å². The molecule has 0 saturated carbocycles. The molecule has 0 aliphatic heterocycles. The molecule has 0 fully saturated rings. The average molecular weight is 880 g/mol. The van der Waals surface area contributed by atoms with Crippen molar-refractivity contribution in [1.29, 1.82) is 0 Å². The molecule has 0 unspecified atom stereocenters. The maximum Gasteiger partial charge on any atom is 0.162 e. The fourth-order valence-electron chi connectivity index (χ4n) is 7.48. The Labute approximate surface area is 328 Å². The topological polar surface area (TPSA) is 55.1 Å². The SMILES string of the molecule is CC(C)(C)c1cc(-c2nc3ccccc3c3c2c2ccccc2n3-c2ccccc2)[c-]c2ccccc12.CCC(CC)C(=O)/C=C(\O)C(CC)CC.[Ir]. The van der Waals surface area contributed by atoms with Crippen LogP contribution in [0.2, 0.25) is 0 Å². The summed E-state index contributed by atoms with van der Waals surface area (Å²) < 4.78 is 2.39. The number of hydrogen-bond acceptors (Lipinski definition) is 3. The second-order valence-corrected chi connectivity index (χ2v) is 14.8. The molecule has 2 aromatic heterocycles. The Morgan fingerprint density at radius 2 is 1.32 bits per heavy atom. The Morgan fingerprint density at radius 1 is 0.755 bits per heavy atom. The minimum atomic E-state index is -0.0164. The molecule has 0 saturated heterocycles. The first-order chi connectivity index (χ1) is 25.1. The molecular formula is C48H51IrN2O2-. The number of benzene rings is 5. The van der Waals surface area contributed by atoms with Crippen LogP contribution < -0.4 is 0 Å². The third-order valence-electron chi connectivity index (χ3n) is 10.4. The summed E-state index contributed by atoms with van der Waals surface area (Å²) in [5, 5.41) is 15.7. The fraction of sp³-hybridized carbons (Fsp3) is 0.292. The quantitative estimate of drug-likeness (QED) is 0.0893. The first-order valence-electron chi connectivity index (χ1n) is 18.9. The van der Waals surface area contributed by atoms with Gasteiger partial charge in [0, 0.05) is 65.6 Å². The largest absolute Gasteiger partial charge is 0.512 e. The van der Waals surface area contributed by atoms with Crippen molar-refractivity contribution < 1.29 is 30.0 Å². The number of hydrogen-bond donors (Lipinski definition) is 1. The van der Waals surface area contributed by atoms with Crippen molar-refractivity contribution in [1.82, 2.24) is 9.55 Å². The third-order valence-corrected chi connectivity index (χ3v) is 10.4. The fourth-order valence-corrected chi connectivity index (χ4v) is 7.48. The summed E-state index contributed by atoms with van der Waals surface area (Å²) in [6.45, 7) is 14.9. The van der Waals surface area contributed by atoms with E-state index in [4.69, 9.17) is 4.98 Å². The molecule has 1 radical (unpaired) electrons. The molecule has 7 aromatic rings. The number of aliphatic hydroxyl groups is 1. The van der Waals surface area contributed by atoms with Crippen LogP contribution in [0.25, 0.3) is 60.4 Å². The predicted molar refractivity (Wildman–Crippen MR) is 220 cm³/mol. The summed E-state index contributed by atoms with van der Waals surface area (Å²) in [5.41, 5.74) is 7.82. The average Bonchev–Trinajstić information content (AvgIpc) is 3.51. The van der Waals surface area contributed by atoms with Crippen LogP contribution in [0.1, 0.15) is 79.7 Å². The van der Waals surface area contributed by atoms with E-state index >= 15 is 0 Å². The van der Waals surface area contributed by atoms with Crippen molar-refractivity contribution in [2.24, 2.45) is 11.8 Å². The zero-order valence-electron chi connectivity index (χ0n) is 32.0. The van der Waals surface area contributed by atoms with E-state index in [1.165, 1.54) is 38.8 Å². The van der Waals surface area contributed by atoms with E-state index in [9.17, 15) is 9.90 Å². The van der Waals surface area contributed by atoms with Gasteiger partial charge in [0.1, 0.15) is 0 Å². The molecule has 5 heteroatoms. The van der Waals surface area contributed by atoms with Gasteiger partial charge in [0.25, 0.3) is 0 Å². The normalized spacial score (nSPS) is 12.1. The molecule has 4 nitrogen and oxygen atoms in total. The first kappa shape index (κ1) is 39.6. The summed E-state index contributed by atoms with van der Waals surface area (Å²) in [7, 11) is 0. The number of carbonyl (C=O) groups excluding carboxylic acids is 1. The van der Waals surface area contributed by atoms with Crippen LogP contribution in [0.15, 0.2) is 121 Å². The first-order valence-corrected chi connectivity index (χ1v) is 18.9. The van der Waals surface area contributed by atoms with E-state index in [1.807, 2.05) is 27.7 Å². The number of aromatic nitrogens is 2. The number of nitrogens with zero attached hydrogens (tertiary/aromatic N) is 2. The minimum Gasteiger partial charge on any atom is -0.512 e. The van der Waals surface area contributed by atoms with Crippen molar-refractivity contribution in [2.45, 2.75) is 79.6 Å². The second kappa shape index (κ2) is 17.1. The van der Waals surface area contributed by atoms with Crippen LogP contribution in [0, 0.1) is 17.9 Å². The van der Waals surface area contributed by atoms with Crippen molar-refractivity contribution >= 4 is 49.3 Å². The number of fused-ring (bicyclic) bond motifs is 6. The number of rotatable bonds is 9. The molecule has 5 aromatic carbocycles. The van der Waals surface area contributed by atoms with Crippen LogP contribution >= 0.6 is 0 Å². The van der Waals surface area contributed by atoms with Gasteiger partial charge >= 0.3 is 0 Å². The van der Waals surface area contributed by atoms with E-state index in [0.717, 1.165) is 58.9 Å². The van der Waals surface area contributed by atoms with E-state index in [1.54, 1.807) is 0 Å². The van der Waals surface area contributed by atoms with Gasteiger partial charge in [-0.15, -0.1) is 29.1 Å². The molecule has 0 amide bonds. The van der Waals surface area contributed by atoms with Gasteiger partial charge in [-0.1, -0.05) is 132 Å². The Morgan fingerprint density at radius 3 is 1.96 bits per heavy atom. The van der Waals surface area contributed by atoms with Crippen molar-refractivity contribution in [3.63, 3.8) is 0 Å². The molecule has 0 aliphatic rings. The van der Waals surface area contributed by atoms with Gasteiger partial charge in [-0.05, 0) is 55.4 Å². The monoisotopic (exact) mass is 880 g/mol. The van der Waals surface area contributed by atoms with Gasteiger partial charge < -0.3 is 9.67 Å². The van der Waals surface area contributed by atoms with Gasteiger partial charge in [0.15, 0.2) is 5.78 Å². The van der Waals surface area contributed by atoms with Crippen LogP contribution in [-0.2, 0) is 30.3 Å². The zero-order valence-corrected chi connectivity index (χ0v) is 34.4. The molecule has 7 rings (SSSR count). The Bertz CT molecular complexity index is 2380. The minimum absolute atomic E-state index is 0. The van der Waals surface area contributed by atoms with Gasteiger partial charge in [-0.25, -0.2) is 0 Å². The van der Waals surface area contributed by atoms with E-state index < -0.39 is 0 Å². The second-order valence-electron chi connectivity index (χ2n) is 14.8. The van der Waals surface area contributed by atoms with Crippen LogP contribution in [0.3, 0.4) is 0 Å². The number of pyridine rings is 1. The molecule has 1 N–H and O–H groups in total. The summed E-state index contributed by atoms with van der Waals surface area (Å²) >= 11 is 0. The number of allylic oxidation sites excluding steroid dienone is 2. The van der Waals surface area contributed by atoms with Crippen molar-refractivity contribution in [3.8, 4) is 16.9 Å². The van der Waals surface area contributed by atoms with Crippen molar-refractivity contribution in [3.05, 3.63) is 133 Å². The molecule has 0 spiro atoms. The molecule has 0 bridgehead atoms. The summed E-state index contributed by atoms with van der Waals surface area (Å²) in [6.07, 6.45) is 4.91. The third kappa shape index (κ3) is 8.03. The molecule has 53 heavy (non-hydrogen) atoms. The number of ketones is 1. The standard InChI is InChI=1S/C35H27N2.C13H24O2.Ir/c1-35(2,3)29-22-24(21-23-13-7-8-16-26(23)29)33-32-28-18-10-12-20-31(28)37(25-14-5-4-6-15-25)34(32)27-17-9-11-19-30(27)36-33;1-5-10(6-2)12(14)9-13(15)11(7-3)8-4;/h4-20,22H,1-3H3;9-11,14H,5-8H2,1-4H3;/q-1;;/b;12-9-;. The van der Waals surface area contributed by atoms with Crippen LogP contribution in [0.5, 0.6) is 0 Å². The molecule has 0 aliphatic carbocycles. The summed E-state index contributed by atoms with van der Waals surface area (Å²) in [5.74, 6) is 0.547. The van der Waals surface area contributed by atoms with E-state index in [0.29, 0.717) is 0 Å². The Balaban J connectivity index is 0.000000290. The molecule has 0 atom stereocenters. The Kier molecular flexibility index (Phi) is 12.8. The Hall–Kier alpha value is -4.57. The zero-order chi connectivity index (χ0) is 37.0. The number of para-hydroxylation sites is 3. The van der Waals surface area contributed by atoms with E-state index in [-0.39, 0.29) is 48.9 Å². The van der Waals surface area contributed by atoms with Gasteiger partial charge in [0.05, 0.1) is 22.3 Å². The van der Waals surface area contributed by atoms with Crippen molar-refractivity contribution in [2.75, 3.05) is 0 Å². The maximum absolute atomic E-state index is 11.7. The van der Waals surface area contributed by atoms with Gasteiger partial charge in [-0.3, -0.25) is 9.78 Å². The predicted octanol–water partition coefficient (Wildman–Crippen LogP) is 13.1. The molecule has 2 heterocycles. The smallest absolute Gasteiger partial charge is 0.162 e. The number of carbonyl (C=O) groups is 1. The van der Waals surface area contributed by atoms with E-state index in [2.05, 4.69) is 141 Å². The molecule has 275 valence electrons.